The fraction of sp³-hybridized carbons (Fsp3) is 0.318. The first-order valence-corrected chi connectivity index (χ1v) is 9.84. The number of pyridine rings is 1. The van der Waals surface area contributed by atoms with Gasteiger partial charge in [-0.2, -0.15) is 4.39 Å². The fourth-order valence-electron chi connectivity index (χ4n) is 2.74. The lowest BCUT2D eigenvalue weighted by Gasteiger charge is -2.16. The molecule has 2 N–H and O–H groups in total. The van der Waals surface area contributed by atoms with Crippen molar-refractivity contribution in [2.45, 2.75) is 33.7 Å². The van der Waals surface area contributed by atoms with Crippen LogP contribution in [-0.2, 0) is 13.0 Å². The molecule has 0 amide bonds. The first-order valence-electron chi connectivity index (χ1n) is 9.46. The predicted molar refractivity (Wildman–Crippen MR) is 117 cm³/mol. The molecule has 0 radical (unpaired) electrons. The molecule has 0 saturated carbocycles. The van der Waals surface area contributed by atoms with Crippen molar-refractivity contribution in [1.82, 2.24) is 20.2 Å². The average molecular weight is 403 g/mol. The van der Waals surface area contributed by atoms with E-state index in [4.69, 9.17) is 11.6 Å². The van der Waals surface area contributed by atoms with Crippen LogP contribution in [0.25, 0.3) is 22.2 Å². The topological polar surface area (TPSA) is 44.0 Å². The van der Waals surface area contributed by atoms with E-state index in [0.29, 0.717) is 34.8 Å². The molecule has 0 atom stereocenters. The highest BCUT2D eigenvalue weighted by Crippen LogP contribution is 2.32. The van der Waals surface area contributed by atoms with E-state index < -0.39 is 5.95 Å². The Kier molecular flexibility index (Phi) is 7.46. The Morgan fingerprint density at radius 2 is 1.96 bits per heavy atom. The minimum Gasteiger partial charge on any atom is -0.367 e. The molecule has 0 fully saturated rings. The van der Waals surface area contributed by atoms with Gasteiger partial charge in [-0.15, -0.1) is 0 Å². The van der Waals surface area contributed by atoms with Crippen LogP contribution in [0.4, 0.5) is 4.39 Å². The number of nitrogens with zero attached hydrogens (tertiary/aromatic N) is 2. The second kappa shape index (κ2) is 9.60. The van der Waals surface area contributed by atoms with Crippen molar-refractivity contribution in [1.29, 1.82) is 0 Å². The van der Waals surface area contributed by atoms with E-state index in [-0.39, 0.29) is 0 Å². The summed E-state index contributed by atoms with van der Waals surface area (Å²) in [4.78, 5) is 9.35. The standard InChI is InChI=1S/C20H22ClFN4.C2H6/c1-5-13-6-7-18(25-20(13)22)16-10-19-14(9-17(16)21)8-15(24-19)11-23-12(2)26(3)4;1-2/h6-10,23-24H,2,5,11H2,1,3-4H3;1-2H3. The number of aromatic amines is 1. The number of hydrogen-bond donors (Lipinski definition) is 2. The van der Waals surface area contributed by atoms with Crippen LogP contribution in [0.15, 0.2) is 42.7 Å². The van der Waals surface area contributed by atoms with Crippen LogP contribution in [0.3, 0.4) is 0 Å². The number of fused-ring (bicyclic) bond motifs is 1. The number of nitrogens with one attached hydrogen (secondary N) is 2. The normalized spacial score (nSPS) is 10.4. The lowest BCUT2D eigenvalue weighted by Crippen LogP contribution is -2.24. The second-order valence-electron chi connectivity index (χ2n) is 6.41. The molecule has 1 aromatic carbocycles. The van der Waals surface area contributed by atoms with Crippen molar-refractivity contribution in [3.8, 4) is 11.3 Å². The Hall–Kier alpha value is -2.53. The number of benzene rings is 1. The first-order chi connectivity index (χ1) is 13.4. The van der Waals surface area contributed by atoms with Gasteiger partial charge in [0.15, 0.2) is 0 Å². The van der Waals surface area contributed by atoms with Crippen LogP contribution in [0.2, 0.25) is 5.02 Å². The largest absolute Gasteiger partial charge is 0.367 e. The van der Waals surface area contributed by atoms with Crippen LogP contribution in [0.1, 0.15) is 32.0 Å². The summed E-state index contributed by atoms with van der Waals surface area (Å²) in [6.07, 6.45) is 0.608. The number of hydrogen-bond acceptors (Lipinski definition) is 3. The minimum atomic E-state index is -0.445. The Morgan fingerprint density at radius 1 is 1.25 bits per heavy atom. The Morgan fingerprint density at radius 3 is 2.57 bits per heavy atom. The maximum atomic E-state index is 14.0. The lowest BCUT2D eigenvalue weighted by atomic mass is 10.1. The van der Waals surface area contributed by atoms with Gasteiger partial charge in [0.2, 0.25) is 5.95 Å². The highest BCUT2D eigenvalue weighted by molar-refractivity contribution is 6.34. The molecule has 0 aliphatic rings. The molecule has 3 rings (SSSR count). The van der Waals surface area contributed by atoms with Gasteiger partial charge < -0.3 is 15.2 Å². The van der Waals surface area contributed by atoms with Gasteiger partial charge in [0.25, 0.3) is 0 Å². The fourth-order valence-corrected chi connectivity index (χ4v) is 3.01. The third-order valence-electron chi connectivity index (χ3n) is 4.37. The predicted octanol–water partition coefficient (Wildman–Crippen LogP) is 5.73. The summed E-state index contributed by atoms with van der Waals surface area (Å²) in [7, 11) is 3.87. The summed E-state index contributed by atoms with van der Waals surface area (Å²) >= 11 is 6.43. The first kappa shape index (κ1) is 21.8. The van der Waals surface area contributed by atoms with Crippen molar-refractivity contribution >= 4 is 22.5 Å². The molecule has 0 aliphatic heterocycles. The van der Waals surface area contributed by atoms with Crippen LogP contribution in [0.5, 0.6) is 0 Å². The molecule has 28 heavy (non-hydrogen) atoms. The van der Waals surface area contributed by atoms with Crippen LogP contribution in [-0.4, -0.2) is 29.0 Å². The van der Waals surface area contributed by atoms with Crippen LogP contribution in [0, 0.1) is 5.95 Å². The van der Waals surface area contributed by atoms with E-state index in [0.717, 1.165) is 22.4 Å². The highest BCUT2D eigenvalue weighted by Gasteiger charge is 2.12. The smallest absolute Gasteiger partial charge is 0.216 e. The Bertz CT molecular complexity index is 963. The summed E-state index contributed by atoms with van der Waals surface area (Å²) in [5.74, 6) is 0.387. The number of aryl methyl sites for hydroxylation is 1. The zero-order chi connectivity index (χ0) is 20.8. The van der Waals surface area contributed by atoms with Crippen LogP contribution < -0.4 is 5.32 Å². The van der Waals surface area contributed by atoms with Crippen molar-refractivity contribution in [2.24, 2.45) is 0 Å². The minimum absolute atomic E-state index is 0.445. The number of halogens is 2. The summed E-state index contributed by atoms with van der Waals surface area (Å²) in [6.45, 7) is 10.5. The zero-order valence-corrected chi connectivity index (χ0v) is 17.9. The maximum Gasteiger partial charge on any atom is 0.216 e. The van der Waals surface area contributed by atoms with Gasteiger partial charge in [0, 0.05) is 41.8 Å². The lowest BCUT2D eigenvalue weighted by molar-refractivity contribution is 0.461. The molecular formula is C22H28ClFN4. The molecule has 4 nitrogen and oxygen atoms in total. The molecule has 0 bridgehead atoms. The average Bonchev–Trinajstić information content (AvgIpc) is 3.08. The summed E-state index contributed by atoms with van der Waals surface area (Å²) in [6, 6.07) is 9.39. The van der Waals surface area contributed by atoms with Gasteiger partial charge in [-0.25, -0.2) is 4.98 Å². The van der Waals surface area contributed by atoms with Gasteiger partial charge in [-0.05, 0) is 30.7 Å². The van der Waals surface area contributed by atoms with Crippen molar-refractivity contribution in [3.05, 3.63) is 65.0 Å². The van der Waals surface area contributed by atoms with Crippen molar-refractivity contribution in [3.63, 3.8) is 0 Å². The van der Waals surface area contributed by atoms with E-state index in [1.807, 2.05) is 58.0 Å². The van der Waals surface area contributed by atoms with Gasteiger partial charge in [0.05, 0.1) is 23.1 Å². The second-order valence-corrected chi connectivity index (χ2v) is 6.82. The van der Waals surface area contributed by atoms with E-state index in [9.17, 15) is 4.39 Å². The number of H-pyrrole nitrogens is 1. The SMILES string of the molecule is C=C(NCc1cc2cc(Cl)c(-c3ccc(CC)c(F)n3)cc2[nH]1)N(C)C.CC. The van der Waals surface area contributed by atoms with Crippen molar-refractivity contribution in [2.75, 3.05) is 14.1 Å². The highest BCUT2D eigenvalue weighted by atomic mass is 35.5. The molecule has 0 saturated heterocycles. The van der Waals surface area contributed by atoms with Crippen LogP contribution >= 0.6 is 11.6 Å². The molecule has 0 unspecified atom stereocenters. The summed E-state index contributed by atoms with van der Waals surface area (Å²) < 4.78 is 14.0. The van der Waals surface area contributed by atoms with E-state index in [1.54, 1.807) is 12.1 Å². The number of aromatic nitrogens is 2. The number of rotatable bonds is 6. The molecule has 2 heterocycles. The van der Waals surface area contributed by atoms with Gasteiger partial charge in [-0.3, -0.25) is 0 Å². The monoisotopic (exact) mass is 402 g/mol. The molecule has 2 aromatic heterocycles. The Balaban J connectivity index is 0.00000136. The molecule has 150 valence electrons. The quantitative estimate of drug-likeness (QED) is 0.517. The third kappa shape index (κ3) is 4.84. The van der Waals surface area contributed by atoms with Crippen molar-refractivity contribution < 1.29 is 4.39 Å². The van der Waals surface area contributed by atoms with Gasteiger partial charge in [-0.1, -0.05) is 45.0 Å². The molecule has 3 aromatic rings. The molecular weight excluding hydrogens is 375 g/mol. The van der Waals surface area contributed by atoms with E-state index in [1.165, 1.54) is 0 Å². The van der Waals surface area contributed by atoms with Gasteiger partial charge in [0.1, 0.15) is 0 Å². The summed E-state index contributed by atoms with van der Waals surface area (Å²) in [5.41, 5.74) is 3.78. The molecule has 0 aliphatic carbocycles. The molecule has 0 spiro atoms. The maximum absolute atomic E-state index is 14.0. The third-order valence-corrected chi connectivity index (χ3v) is 4.68. The van der Waals surface area contributed by atoms with E-state index >= 15 is 0 Å². The zero-order valence-electron chi connectivity index (χ0n) is 17.2. The van der Waals surface area contributed by atoms with E-state index in [2.05, 4.69) is 21.9 Å². The Labute approximate surface area is 171 Å². The van der Waals surface area contributed by atoms with Gasteiger partial charge >= 0.3 is 0 Å². The molecule has 6 heteroatoms. The summed E-state index contributed by atoms with van der Waals surface area (Å²) in [5, 5.41) is 4.79.